The number of hydrogen-bond donors (Lipinski definition) is 2. The van der Waals surface area contributed by atoms with Gasteiger partial charge in [0.05, 0.1) is 17.0 Å². The van der Waals surface area contributed by atoms with Crippen molar-refractivity contribution in [3.63, 3.8) is 0 Å². The zero-order valence-corrected chi connectivity index (χ0v) is 20.6. The number of carbonyl (C=O) groups is 1. The number of H-pyrrole nitrogens is 1. The van der Waals surface area contributed by atoms with Crippen molar-refractivity contribution in [2.45, 2.75) is 39.3 Å². The Kier molecular flexibility index (Phi) is 6.42. The van der Waals surface area contributed by atoms with Crippen LogP contribution in [0.4, 0.5) is 8.78 Å². The Morgan fingerprint density at radius 1 is 1.15 bits per heavy atom. The molecule has 4 aromatic rings. The second-order valence-corrected chi connectivity index (χ2v) is 15.2. The minimum Gasteiger partial charge on any atom is -0.478 e. The van der Waals surface area contributed by atoms with Crippen LogP contribution in [0, 0.1) is 18.6 Å². The number of hydrogen-bond acceptors (Lipinski definition) is 3. The minimum atomic E-state index is -1.36. The van der Waals surface area contributed by atoms with Crippen molar-refractivity contribution < 1.29 is 23.4 Å². The molecular formula is C25H27F2N3O3Si. The Labute approximate surface area is 197 Å². The predicted molar refractivity (Wildman–Crippen MR) is 131 cm³/mol. The van der Waals surface area contributed by atoms with Crippen molar-refractivity contribution in [2.75, 3.05) is 6.61 Å². The van der Waals surface area contributed by atoms with Crippen LogP contribution < -0.4 is 0 Å². The van der Waals surface area contributed by atoms with Gasteiger partial charge < -0.3 is 19.4 Å². The highest BCUT2D eigenvalue weighted by atomic mass is 28.3. The molecule has 0 aliphatic carbocycles. The fourth-order valence-corrected chi connectivity index (χ4v) is 4.66. The van der Waals surface area contributed by atoms with Crippen LogP contribution in [0.1, 0.15) is 15.9 Å². The third-order valence-corrected chi connectivity index (χ3v) is 7.51. The van der Waals surface area contributed by atoms with E-state index in [1.54, 1.807) is 23.0 Å². The quantitative estimate of drug-likeness (QED) is 0.228. The summed E-state index contributed by atoms with van der Waals surface area (Å²) in [6.45, 7) is 8.63. The Balaban J connectivity index is 1.93. The average Bonchev–Trinajstić information content (AvgIpc) is 3.39. The number of ether oxygens (including phenoxy) is 1. The molecule has 0 bridgehead atoms. The molecule has 3 aromatic heterocycles. The van der Waals surface area contributed by atoms with E-state index < -0.39 is 25.7 Å². The molecule has 0 radical (unpaired) electrons. The number of nitrogens with zero attached hydrogens (tertiary/aromatic N) is 2. The molecule has 3 heterocycles. The molecule has 4 rings (SSSR count). The molecule has 0 unspecified atom stereocenters. The van der Waals surface area contributed by atoms with E-state index in [2.05, 4.69) is 29.6 Å². The number of aryl methyl sites for hydroxylation is 1. The number of aromatic nitrogens is 3. The van der Waals surface area contributed by atoms with Gasteiger partial charge in [-0.3, -0.25) is 0 Å². The predicted octanol–water partition coefficient (Wildman–Crippen LogP) is 6.30. The number of benzene rings is 1. The van der Waals surface area contributed by atoms with E-state index in [9.17, 15) is 14.3 Å². The summed E-state index contributed by atoms with van der Waals surface area (Å²) in [7, 11) is -1.36. The maximum Gasteiger partial charge on any atom is 0.337 e. The molecule has 0 spiro atoms. The van der Waals surface area contributed by atoms with E-state index in [1.165, 1.54) is 25.1 Å². The maximum absolute atomic E-state index is 15.1. The molecule has 0 atom stereocenters. The summed E-state index contributed by atoms with van der Waals surface area (Å²) in [6, 6.07) is 8.86. The molecule has 0 saturated carbocycles. The van der Waals surface area contributed by atoms with Crippen LogP contribution in [0.15, 0.2) is 42.7 Å². The van der Waals surface area contributed by atoms with Crippen LogP contribution in [-0.2, 0) is 11.5 Å². The van der Waals surface area contributed by atoms with Crippen molar-refractivity contribution in [2.24, 2.45) is 0 Å². The van der Waals surface area contributed by atoms with E-state index in [-0.39, 0.29) is 29.1 Å². The van der Waals surface area contributed by atoms with Crippen molar-refractivity contribution in [3.05, 3.63) is 65.5 Å². The molecule has 0 aliphatic rings. The first-order valence-electron chi connectivity index (χ1n) is 11.0. The van der Waals surface area contributed by atoms with Gasteiger partial charge in [0.25, 0.3) is 0 Å². The Morgan fingerprint density at radius 2 is 1.91 bits per heavy atom. The Bertz CT molecular complexity index is 1370. The highest BCUT2D eigenvalue weighted by Gasteiger charge is 2.27. The van der Waals surface area contributed by atoms with Crippen LogP contribution >= 0.6 is 0 Å². The van der Waals surface area contributed by atoms with Gasteiger partial charge in [-0.05, 0) is 42.8 Å². The highest BCUT2D eigenvalue weighted by molar-refractivity contribution is 6.76. The number of nitrogens with one attached hydrogen (secondary N) is 1. The number of aromatic amines is 1. The molecule has 0 fully saturated rings. The van der Waals surface area contributed by atoms with Gasteiger partial charge in [0.2, 0.25) is 0 Å². The Hall–Kier alpha value is -3.30. The first-order valence-corrected chi connectivity index (χ1v) is 14.7. The lowest BCUT2D eigenvalue weighted by Gasteiger charge is -2.19. The summed E-state index contributed by atoms with van der Waals surface area (Å²) in [5.41, 5.74) is 1.82. The summed E-state index contributed by atoms with van der Waals surface area (Å²) in [5, 5.41) is 10.8. The number of carboxylic acids is 1. The van der Waals surface area contributed by atoms with E-state index in [4.69, 9.17) is 4.74 Å². The molecule has 178 valence electrons. The number of fused-ring (bicyclic) bond motifs is 1. The van der Waals surface area contributed by atoms with Crippen LogP contribution in [0.3, 0.4) is 0 Å². The van der Waals surface area contributed by atoms with Crippen molar-refractivity contribution >= 4 is 25.1 Å². The molecule has 0 aliphatic heterocycles. The van der Waals surface area contributed by atoms with Gasteiger partial charge in [-0.25, -0.2) is 18.6 Å². The van der Waals surface area contributed by atoms with E-state index in [0.29, 0.717) is 23.5 Å². The van der Waals surface area contributed by atoms with Gasteiger partial charge in [0.1, 0.15) is 12.4 Å². The van der Waals surface area contributed by atoms with Gasteiger partial charge in [-0.1, -0.05) is 25.7 Å². The van der Waals surface area contributed by atoms with Crippen LogP contribution in [0.5, 0.6) is 0 Å². The van der Waals surface area contributed by atoms with E-state index in [0.717, 1.165) is 11.4 Å². The molecule has 2 N–H and O–H groups in total. The molecular weight excluding hydrogens is 456 g/mol. The van der Waals surface area contributed by atoms with Gasteiger partial charge in [0, 0.05) is 43.6 Å². The number of halogens is 2. The number of aromatic carboxylic acids is 1. The third-order valence-electron chi connectivity index (χ3n) is 5.81. The fourth-order valence-electron chi connectivity index (χ4n) is 3.91. The zero-order valence-electron chi connectivity index (χ0n) is 19.6. The smallest absolute Gasteiger partial charge is 0.337 e. The highest BCUT2D eigenvalue weighted by Crippen LogP contribution is 2.37. The summed E-state index contributed by atoms with van der Waals surface area (Å²) < 4.78 is 37.2. The number of carboxylic acid groups (broad SMARTS) is 1. The maximum atomic E-state index is 15.1. The van der Waals surface area contributed by atoms with Gasteiger partial charge >= 0.3 is 5.97 Å². The third kappa shape index (κ3) is 4.53. The van der Waals surface area contributed by atoms with Gasteiger partial charge in [-0.2, -0.15) is 0 Å². The summed E-state index contributed by atoms with van der Waals surface area (Å²) in [6.07, 6.45) is 3.36. The monoisotopic (exact) mass is 483 g/mol. The van der Waals surface area contributed by atoms with E-state index >= 15 is 4.39 Å². The summed E-state index contributed by atoms with van der Waals surface area (Å²) >= 11 is 0. The molecule has 34 heavy (non-hydrogen) atoms. The zero-order chi connectivity index (χ0) is 24.6. The second kappa shape index (κ2) is 9.15. The van der Waals surface area contributed by atoms with Gasteiger partial charge in [-0.15, -0.1) is 0 Å². The summed E-state index contributed by atoms with van der Waals surface area (Å²) in [4.78, 5) is 19.6. The topological polar surface area (TPSA) is 80.1 Å². The van der Waals surface area contributed by atoms with Crippen LogP contribution in [-0.4, -0.2) is 40.3 Å². The first-order chi connectivity index (χ1) is 16.1. The average molecular weight is 484 g/mol. The molecule has 0 saturated heterocycles. The second-order valence-electron chi connectivity index (χ2n) is 9.53. The largest absolute Gasteiger partial charge is 0.478 e. The summed E-state index contributed by atoms with van der Waals surface area (Å²) in [5.74, 6) is -3.33. The van der Waals surface area contributed by atoms with Crippen molar-refractivity contribution in [1.82, 2.24) is 14.5 Å². The Morgan fingerprint density at radius 3 is 2.62 bits per heavy atom. The first kappa shape index (κ1) is 23.8. The van der Waals surface area contributed by atoms with E-state index in [1.807, 2.05) is 6.07 Å². The lowest BCUT2D eigenvalue weighted by molar-refractivity contribution is 0.0696. The fraction of sp³-hybridized carbons (Fsp3) is 0.280. The lowest BCUT2D eigenvalue weighted by atomic mass is 10.0. The molecule has 0 amide bonds. The molecule has 9 heteroatoms. The normalized spacial score (nSPS) is 11.9. The standard InChI is InChI=1S/C25H27F2N3O3Si/c1-15-5-6-18(22(27)21(15)26)23-19(25(31)32)13-20(30(23)14-33-11-12-34(2,3)4)16-7-9-28-24-17(16)8-10-29-24/h5-10,13H,11-12,14H2,1-4H3,(H,28,29)(H,31,32). The van der Waals surface area contributed by atoms with Crippen LogP contribution in [0.25, 0.3) is 33.5 Å². The lowest BCUT2D eigenvalue weighted by Crippen LogP contribution is -2.22. The molecule has 6 nitrogen and oxygen atoms in total. The number of pyridine rings is 1. The minimum absolute atomic E-state index is 0.00833. The van der Waals surface area contributed by atoms with Crippen molar-refractivity contribution in [3.8, 4) is 22.5 Å². The number of rotatable bonds is 8. The molecule has 1 aromatic carbocycles. The van der Waals surface area contributed by atoms with Crippen LogP contribution in [0.2, 0.25) is 25.7 Å². The SMILES string of the molecule is Cc1ccc(-c2c(C(=O)O)cc(-c3ccnc4[nH]ccc34)n2COCC[Si](C)(C)C)c(F)c1F. The van der Waals surface area contributed by atoms with Gasteiger partial charge in [0.15, 0.2) is 11.6 Å². The van der Waals surface area contributed by atoms with Crippen molar-refractivity contribution in [1.29, 1.82) is 0 Å².